The highest BCUT2D eigenvalue weighted by molar-refractivity contribution is 7.89. The van der Waals surface area contributed by atoms with Crippen molar-refractivity contribution in [3.63, 3.8) is 0 Å². The topological polar surface area (TPSA) is 61.4 Å². The molecule has 0 unspecified atom stereocenters. The molecule has 0 aliphatic heterocycles. The summed E-state index contributed by atoms with van der Waals surface area (Å²) in [6.07, 6.45) is 6.33. The zero-order chi connectivity index (χ0) is 20.0. The second-order valence-corrected chi connectivity index (χ2v) is 9.07. The second kappa shape index (κ2) is 14.1. The first-order valence-corrected chi connectivity index (χ1v) is 11.9. The molecule has 0 saturated heterocycles. The normalized spacial score (nSPS) is 12.0. The Morgan fingerprint density at radius 3 is 1.67 bits per heavy atom. The van der Waals surface area contributed by atoms with E-state index in [9.17, 15) is 8.42 Å². The molecule has 0 amide bonds. The number of nitrogens with one attached hydrogen (secondary N) is 2. The Morgan fingerprint density at radius 1 is 0.778 bits per heavy atom. The Kier molecular flexibility index (Phi) is 12.6. The molecule has 2 N–H and O–H groups in total. The molecule has 1 aromatic rings. The first kappa shape index (κ1) is 24.1. The fourth-order valence-corrected chi connectivity index (χ4v) is 4.34. The van der Waals surface area contributed by atoms with Gasteiger partial charge in [0.2, 0.25) is 10.0 Å². The largest absolute Gasteiger partial charge is 0.317 e. The molecule has 1 rings (SSSR count). The van der Waals surface area contributed by atoms with Crippen LogP contribution in [0.2, 0.25) is 0 Å². The van der Waals surface area contributed by atoms with Gasteiger partial charge in [-0.15, -0.1) is 0 Å². The van der Waals surface area contributed by atoms with E-state index in [-0.39, 0.29) is 0 Å². The van der Waals surface area contributed by atoms with Crippen LogP contribution < -0.4 is 10.6 Å². The lowest BCUT2D eigenvalue weighted by Crippen LogP contribution is -2.35. The molecule has 1 aromatic carbocycles. The summed E-state index contributed by atoms with van der Waals surface area (Å²) >= 11 is 0. The van der Waals surface area contributed by atoms with Gasteiger partial charge in [0.25, 0.3) is 0 Å². The SMILES string of the molecule is CCCCNCCCN(CCCNCCCC)S(=O)(=O)c1ccc(C)cc1. The standard InChI is InChI=1S/C21H39N3O2S/c1-4-6-14-22-16-8-18-24(19-9-17-23-15-7-5-2)27(25,26)21-12-10-20(3)11-13-21/h10-13,22-23H,4-9,14-19H2,1-3H3. The average molecular weight is 398 g/mol. The first-order chi connectivity index (χ1) is 13.0. The second-order valence-electron chi connectivity index (χ2n) is 7.13. The monoisotopic (exact) mass is 397 g/mol. The van der Waals surface area contributed by atoms with Crippen molar-refractivity contribution in [2.24, 2.45) is 0 Å². The lowest BCUT2D eigenvalue weighted by atomic mass is 10.2. The molecule has 156 valence electrons. The highest BCUT2D eigenvalue weighted by Crippen LogP contribution is 2.17. The van der Waals surface area contributed by atoms with Gasteiger partial charge in [-0.05, 0) is 70.9 Å². The van der Waals surface area contributed by atoms with E-state index in [1.807, 2.05) is 19.1 Å². The summed E-state index contributed by atoms with van der Waals surface area (Å²) in [6, 6.07) is 7.17. The van der Waals surface area contributed by atoms with Crippen LogP contribution in [0.25, 0.3) is 0 Å². The van der Waals surface area contributed by atoms with Crippen LogP contribution in [0.5, 0.6) is 0 Å². The molecule has 0 bridgehead atoms. The van der Waals surface area contributed by atoms with Crippen molar-refractivity contribution >= 4 is 10.0 Å². The lowest BCUT2D eigenvalue weighted by molar-refractivity contribution is 0.390. The molecule has 0 saturated carbocycles. The van der Waals surface area contributed by atoms with Gasteiger partial charge in [0.05, 0.1) is 4.90 Å². The third-order valence-corrected chi connectivity index (χ3v) is 6.51. The van der Waals surface area contributed by atoms with Crippen molar-refractivity contribution in [3.8, 4) is 0 Å². The molecule has 0 aliphatic rings. The van der Waals surface area contributed by atoms with E-state index < -0.39 is 10.0 Å². The molecular weight excluding hydrogens is 358 g/mol. The Bertz CT molecular complexity index is 572. The number of unbranched alkanes of at least 4 members (excludes halogenated alkanes) is 2. The van der Waals surface area contributed by atoms with Crippen LogP contribution in [-0.2, 0) is 10.0 Å². The fourth-order valence-electron chi connectivity index (χ4n) is 2.83. The summed E-state index contributed by atoms with van der Waals surface area (Å²) in [5.41, 5.74) is 1.07. The van der Waals surface area contributed by atoms with Crippen LogP contribution in [0.1, 0.15) is 57.9 Å². The molecule has 0 atom stereocenters. The molecule has 5 nitrogen and oxygen atoms in total. The number of rotatable bonds is 16. The fraction of sp³-hybridized carbons (Fsp3) is 0.714. The molecular formula is C21H39N3O2S. The summed E-state index contributed by atoms with van der Waals surface area (Å²) in [5.74, 6) is 0. The van der Waals surface area contributed by atoms with Gasteiger partial charge in [-0.1, -0.05) is 44.4 Å². The molecule has 27 heavy (non-hydrogen) atoms. The van der Waals surface area contributed by atoms with Gasteiger partial charge in [-0.3, -0.25) is 0 Å². The van der Waals surface area contributed by atoms with E-state index in [1.165, 1.54) is 12.8 Å². The van der Waals surface area contributed by atoms with Gasteiger partial charge in [0, 0.05) is 13.1 Å². The Balaban J connectivity index is 2.61. The number of nitrogens with zero attached hydrogens (tertiary/aromatic N) is 1. The Labute approximate surface area is 167 Å². The van der Waals surface area contributed by atoms with Crippen molar-refractivity contribution in [1.29, 1.82) is 0 Å². The van der Waals surface area contributed by atoms with Crippen molar-refractivity contribution in [3.05, 3.63) is 29.8 Å². The van der Waals surface area contributed by atoms with Crippen molar-refractivity contribution in [2.75, 3.05) is 39.3 Å². The zero-order valence-electron chi connectivity index (χ0n) is 17.5. The van der Waals surface area contributed by atoms with Crippen molar-refractivity contribution in [1.82, 2.24) is 14.9 Å². The Hall–Kier alpha value is -0.950. The predicted molar refractivity (Wildman–Crippen MR) is 115 cm³/mol. The van der Waals surface area contributed by atoms with Crippen LogP contribution in [-0.4, -0.2) is 52.0 Å². The van der Waals surface area contributed by atoms with Gasteiger partial charge in [0.15, 0.2) is 0 Å². The van der Waals surface area contributed by atoms with E-state index in [1.54, 1.807) is 16.4 Å². The van der Waals surface area contributed by atoms with E-state index in [0.717, 1.165) is 57.4 Å². The van der Waals surface area contributed by atoms with Crippen LogP contribution >= 0.6 is 0 Å². The number of aryl methyl sites for hydroxylation is 1. The number of hydrogen-bond donors (Lipinski definition) is 2. The summed E-state index contributed by atoms with van der Waals surface area (Å²) in [4.78, 5) is 0.394. The van der Waals surface area contributed by atoms with Gasteiger partial charge < -0.3 is 10.6 Å². The number of sulfonamides is 1. The van der Waals surface area contributed by atoms with Gasteiger partial charge >= 0.3 is 0 Å². The van der Waals surface area contributed by atoms with Crippen LogP contribution in [0.15, 0.2) is 29.2 Å². The van der Waals surface area contributed by atoms with E-state index in [4.69, 9.17) is 0 Å². The number of hydrogen-bond acceptors (Lipinski definition) is 4. The third kappa shape index (κ3) is 9.70. The summed E-state index contributed by atoms with van der Waals surface area (Å²) in [7, 11) is -3.43. The highest BCUT2D eigenvalue weighted by atomic mass is 32.2. The van der Waals surface area contributed by atoms with Gasteiger partial charge in [-0.2, -0.15) is 4.31 Å². The minimum atomic E-state index is -3.43. The third-order valence-electron chi connectivity index (χ3n) is 4.60. The van der Waals surface area contributed by atoms with Gasteiger partial charge in [-0.25, -0.2) is 8.42 Å². The minimum Gasteiger partial charge on any atom is -0.317 e. The number of benzene rings is 1. The summed E-state index contributed by atoms with van der Waals surface area (Å²) in [6.45, 7) is 11.2. The van der Waals surface area contributed by atoms with Crippen LogP contribution in [0.3, 0.4) is 0 Å². The maximum Gasteiger partial charge on any atom is 0.243 e. The van der Waals surface area contributed by atoms with E-state index in [2.05, 4.69) is 24.5 Å². The Morgan fingerprint density at radius 2 is 1.22 bits per heavy atom. The lowest BCUT2D eigenvalue weighted by Gasteiger charge is -2.22. The maximum atomic E-state index is 13.1. The maximum absolute atomic E-state index is 13.1. The van der Waals surface area contributed by atoms with Crippen LogP contribution in [0.4, 0.5) is 0 Å². The highest BCUT2D eigenvalue weighted by Gasteiger charge is 2.23. The molecule has 0 spiro atoms. The molecule has 0 radical (unpaired) electrons. The molecule has 0 heterocycles. The molecule has 0 aromatic heterocycles. The summed E-state index contributed by atoms with van der Waals surface area (Å²) < 4.78 is 27.8. The van der Waals surface area contributed by atoms with Crippen molar-refractivity contribution in [2.45, 2.75) is 64.2 Å². The molecule has 6 heteroatoms. The average Bonchev–Trinajstić information content (AvgIpc) is 2.65. The van der Waals surface area contributed by atoms with Gasteiger partial charge in [0.1, 0.15) is 0 Å². The summed E-state index contributed by atoms with van der Waals surface area (Å²) in [5, 5.41) is 6.79. The predicted octanol–water partition coefficient (Wildman–Crippen LogP) is 3.55. The smallest absolute Gasteiger partial charge is 0.243 e. The van der Waals surface area contributed by atoms with E-state index >= 15 is 0 Å². The van der Waals surface area contributed by atoms with Crippen LogP contribution in [0, 0.1) is 6.92 Å². The van der Waals surface area contributed by atoms with Crippen molar-refractivity contribution < 1.29 is 8.42 Å². The quantitative estimate of drug-likeness (QED) is 0.419. The first-order valence-electron chi connectivity index (χ1n) is 10.5. The zero-order valence-corrected chi connectivity index (χ0v) is 18.3. The molecule has 0 fully saturated rings. The minimum absolute atomic E-state index is 0.394. The molecule has 0 aliphatic carbocycles. The van der Waals surface area contributed by atoms with E-state index in [0.29, 0.717) is 18.0 Å².